The smallest absolute Gasteiger partial charge is 0.253 e. The summed E-state index contributed by atoms with van der Waals surface area (Å²) in [5, 5.41) is 4.11. The molecule has 1 aliphatic rings. The number of carbonyl (C=O) groups excluding carboxylic acids is 1. The van der Waals surface area contributed by atoms with E-state index in [2.05, 4.69) is 42.7 Å². The molecule has 1 fully saturated rings. The molecule has 2 heterocycles. The highest BCUT2D eigenvalue weighted by atomic mass is 16.5. The van der Waals surface area contributed by atoms with Gasteiger partial charge in [-0.05, 0) is 31.2 Å². The normalized spacial score (nSPS) is 17.0. The van der Waals surface area contributed by atoms with Gasteiger partial charge in [-0.2, -0.15) is 4.98 Å². The van der Waals surface area contributed by atoms with Crippen LogP contribution in [-0.4, -0.2) is 59.1 Å². The fourth-order valence-electron chi connectivity index (χ4n) is 3.09. The third-order valence-electron chi connectivity index (χ3n) is 4.96. The Bertz CT molecular complexity index is 771. The summed E-state index contributed by atoms with van der Waals surface area (Å²) in [6, 6.07) is 7.28. The zero-order valence-electron chi connectivity index (χ0n) is 16.7. The summed E-state index contributed by atoms with van der Waals surface area (Å²) in [5.74, 6) is 2.16. The maximum Gasteiger partial charge on any atom is 0.253 e. The van der Waals surface area contributed by atoms with E-state index in [4.69, 9.17) is 9.26 Å². The molecule has 7 nitrogen and oxygen atoms in total. The summed E-state index contributed by atoms with van der Waals surface area (Å²) in [6.45, 7) is 11.2. The van der Waals surface area contributed by atoms with E-state index in [1.54, 1.807) is 7.11 Å². The minimum Gasteiger partial charge on any atom is -0.497 e. The molecule has 0 bridgehead atoms. The van der Waals surface area contributed by atoms with Crippen molar-refractivity contribution in [1.29, 1.82) is 0 Å². The molecule has 27 heavy (non-hydrogen) atoms. The highest BCUT2D eigenvalue weighted by Gasteiger charge is 2.29. The van der Waals surface area contributed by atoms with Crippen LogP contribution in [0.25, 0.3) is 0 Å². The molecule has 1 unspecified atom stereocenters. The summed E-state index contributed by atoms with van der Waals surface area (Å²) in [5.41, 5.74) is 0.550. The highest BCUT2D eigenvalue weighted by Crippen LogP contribution is 2.25. The summed E-state index contributed by atoms with van der Waals surface area (Å²) in [6.07, 6.45) is 0. The summed E-state index contributed by atoms with van der Waals surface area (Å²) >= 11 is 0. The number of aromatic nitrogens is 2. The maximum absolute atomic E-state index is 12.7. The number of methoxy groups -OCH3 is 1. The molecule has 1 aromatic carbocycles. The summed E-state index contributed by atoms with van der Waals surface area (Å²) in [4.78, 5) is 21.4. The summed E-state index contributed by atoms with van der Waals surface area (Å²) in [7, 11) is 1.62. The maximum atomic E-state index is 12.7. The Morgan fingerprint density at radius 3 is 2.30 bits per heavy atom. The molecule has 0 N–H and O–H groups in total. The van der Waals surface area contributed by atoms with E-state index in [0.29, 0.717) is 24.5 Å². The molecule has 146 valence electrons. The number of ether oxygens (including phenoxy) is 1. The van der Waals surface area contributed by atoms with Gasteiger partial charge >= 0.3 is 0 Å². The van der Waals surface area contributed by atoms with Gasteiger partial charge in [-0.1, -0.05) is 25.9 Å². The zero-order chi connectivity index (χ0) is 19.6. The van der Waals surface area contributed by atoms with Crippen LogP contribution in [0.3, 0.4) is 0 Å². The third-order valence-corrected chi connectivity index (χ3v) is 4.96. The molecule has 0 spiro atoms. The molecule has 1 aromatic heterocycles. The Balaban J connectivity index is 1.59. The largest absolute Gasteiger partial charge is 0.497 e. The number of piperazine rings is 1. The fraction of sp³-hybridized carbons (Fsp3) is 0.550. The topological polar surface area (TPSA) is 71.7 Å². The Labute approximate surface area is 160 Å². The molecule has 0 radical (unpaired) electrons. The van der Waals surface area contributed by atoms with Crippen molar-refractivity contribution in [2.24, 2.45) is 0 Å². The molecule has 1 amide bonds. The van der Waals surface area contributed by atoms with Crippen LogP contribution in [-0.2, 0) is 5.41 Å². The van der Waals surface area contributed by atoms with Gasteiger partial charge in [0.1, 0.15) is 5.75 Å². The predicted molar refractivity (Wildman–Crippen MR) is 102 cm³/mol. The Hall–Kier alpha value is -2.41. The van der Waals surface area contributed by atoms with Crippen LogP contribution in [0.1, 0.15) is 55.8 Å². The SMILES string of the molecule is COc1ccc(C(=O)N2CCN(C(C)c3nc(C(C)(C)C)no3)CC2)cc1. The van der Waals surface area contributed by atoms with E-state index < -0.39 is 0 Å². The van der Waals surface area contributed by atoms with E-state index in [1.807, 2.05) is 29.2 Å². The quantitative estimate of drug-likeness (QED) is 0.822. The van der Waals surface area contributed by atoms with Gasteiger partial charge in [0.2, 0.25) is 5.89 Å². The van der Waals surface area contributed by atoms with Gasteiger partial charge in [0.05, 0.1) is 13.2 Å². The average molecular weight is 372 g/mol. The number of hydrogen-bond donors (Lipinski definition) is 0. The van der Waals surface area contributed by atoms with Gasteiger partial charge in [-0.25, -0.2) is 0 Å². The molecule has 0 saturated carbocycles. The van der Waals surface area contributed by atoms with E-state index in [1.165, 1.54) is 0 Å². The number of carbonyl (C=O) groups is 1. The van der Waals surface area contributed by atoms with Crippen molar-refractivity contribution in [3.05, 3.63) is 41.5 Å². The molecule has 3 rings (SSSR count). The first kappa shape index (κ1) is 19.4. The number of hydrogen-bond acceptors (Lipinski definition) is 6. The van der Waals surface area contributed by atoms with Gasteiger partial charge in [0, 0.05) is 37.2 Å². The second-order valence-corrected chi connectivity index (χ2v) is 7.94. The molecular formula is C20H28N4O3. The van der Waals surface area contributed by atoms with Crippen molar-refractivity contribution in [2.75, 3.05) is 33.3 Å². The second kappa shape index (κ2) is 7.68. The van der Waals surface area contributed by atoms with Crippen molar-refractivity contribution < 1.29 is 14.1 Å². The Morgan fingerprint density at radius 1 is 1.15 bits per heavy atom. The van der Waals surface area contributed by atoms with Gasteiger partial charge in [0.15, 0.2) is 5.82 Å². The van der Waals surface area contributed by atoms with Crippen molar-refractivity contribution in [1.82, 2.24) is 19.9 Å². The lowest BCUT2D eigenvalue weighted by Crippen LogP contribution is -2.49. The Morgan fingerprint density at radius 2 is 1.78 bits per heavy atom. The lowest BCUT2D eigenvalue weighted by Gasteiger charge is -2.36. The van der Waals surface area contributed by atoms with Gasteiger partial charge in [0.25, 0.3) is 5.91 Å². The second-order valence-electron chi connectivity index (χ2n) is 7.94. The first-order valence-electron chi connectivity index (χ1n) is 9.31. The molecular weight excluding hydrogens is 344 g/mol. The van der Waals surface area contributed by atoms with Gasteiger partial charge < -0.3 is 14.2 Å². The Kier molecular flexibility index (Phi) is 5.51. The highest BCUT2D eigenvalue weighted by molar-refractivity contribution is 5.94. The predicted octanol–water partition coefficient (Wildman–Crippen LogP) is 2.89. The first-order chi connectivity index (χ1) is 12.8. The molecule has 7 heteroatoms. The number of benzene rings is 1. The lowest BCUT2D eigenvalue weighted by atomic mass is 9.96. The molecule has 1 saturated heterocycles. The van der Waals surface area contributed by atoms with Crippen molar-refractivity contribution >= 4 is 5.91 Å². The van der Waals surface area contributed by atoms with Crippen molar-refractivity contribution in [3.8, 4) is 5.75 Å². The van der Waals surface area contributed by atoms with E-state index in [-0.39, 0.29) is 17.4 Å². The standard InChI is InChI=1S/C20H28N4O3/c1-14(17-21-19(22-27-17)20(2,3)4)23-10-12-24(13-11-23)18(25)15-6-8-16(26-5)9-7-15/h6-9,14H,10-13H2,1-5H3. The van der Waals surface area contributed by atoms with Gasteiger partial charge in [-0.3, -0.25) is 9.69 Å². The number of nitrogens with zero attached hydrogens (tertiary/aromatic N) is 4. The number of rotatable bonds is 4. The van der Waals surface area contributed by atoms with E-state index in [9.17, 15) is 4.79 Å². The van der Waals surface area contributed by atoms with Crippen LogP contribution in [0.15, 0.2) is 28.8 Å². The fourth-order valence-corrected chi connectivity index (χ4v) is 3.09. The van der Waals surface area contributed by atoms with Crippen LogP contribution in [0, 0.1) is 0 Å². The van der Waals surface area contributed by atoms with Crippen LogP contribution in [0.4, 0.5) is 0 Å². The van der Waals surface area contributed by atoms with E-state index in [0.717, 1.165) is 24.7 Å². The van der Waals surface area contributed by atoms with Crippen LogP contribution >= 0.6 is 0 Å². The van der Waals surface area contributed by atoms with Crippen molar-refractivity contribution in [3.63, 3.8) is 0 Å². The number of amides is 1. The average Bonchev–Trinajstić information content (AvgIpc) is 3.18. The minimum absolute atomic E-state index is 0.0341. The molecule has 1 atom stereocenters. The monoisotopic (exact) mass is 372 g/mol. The van der Waals surface area contributed by atoms with Gasteiger partial charge in [-0.15, -0.1) is 0 Å². The van der Waals surface area contributed by atoms with Crippen LogP contribution in [0.2, 0.25) is 0 Å². The molecule has 2 aromatic rings. The van der Waals surface area contributed by atoms with E-state index >= 15 is 0 Å². The summed E-state index contributed by atoms with van der Waals surface area (Å²) < 4.78 is 10.6. The van der Waals surface area contributed by atoms with Crippen LogP contribution < -0.4 is 4.74 Å². The van der Waals surface area contributed by atoms with Crippen molar-refractivity contribution in [2.45, 2.75) is 39.2 Å². The lowest BCUT2D eigenvalue weighted by molar-refractivity contribution is 0.0551. The molecule has 0 aliphatic carbocycles. The first-order valence-corrected chi connectivity index (χ1v) is 9.31. The minimum atomic E-state index is -0.134. The third kappa shape index (κ3) is 4.30. The zero-order valence-corrected chi connectivity index (χ0v) is 16.7. The molecule has 1 aliphatic heterocycles. The van der Waals surface area contributed by atoms with Crippen LogP contribution in [0.5, 0.6) is 5.75 Å².